The Bertz CT molecular complexity index is 483. The fourth-order valence-electron chi connectivity index (χ4n) is 3.96. The van der Waals surface area contributed by atoms with Gasteiger partial charge in [-0.1, -0.05) is 6.42 Å². The van der Waals surface area contributed by atoms with Crippen molar-refractivity contribution in [3.8, 4) is 0 Å². The molecular formula is C15H22N4. The van der Waals surface area contributed by atoms with Crippen molar-refractivity contribution >= 4 is 11.6 Å². The Morgan fingerprint density at radius 1 is 1.16 bits per heavy atom. The highest BCUT2D eigenvalue weighted by Crippen LogP contribution is 2.48. The van der Waals surface area contributed by atoms with Crippen LogP contribution in [-0.2, 0) is 0 Å². The van der Waals surface area contributed by atoms with Gasteiger partial charge in [0.25, 0.3) is 0 Å². The number of rotatable bonds is 4. The second-order valence-corrected chi connectivity index (χ2v) is 6.63. The first kappa shape index (κ1) is 11.5. The Morgan fingerprint density at radius 2 is 2.05 bits per heavy atom. The molecule has 4 nitrogen and oxygen atoms in total. The van der Waals surface area contributed by atoms with Gasteiger partial charge in [0.15, 0.2) is 0 Å². The predicted octanol–water partition coefficient (Wildman–Crippen LogP) is 2.78. The lowest BCUT2D eigenvalue weighted by Gasteiger charge is -2.22. The van der Waals surface area contributed by atoms with Crippen LogP contribution in [0.1, 0.15) is 50.3 Å². The van der Waals surface area contributed by atoms with E-state index in [1.807, 2.05) is 6.07 Å². The van der Waals surface area contributed by atoms with Crippen molar-refractivity contribution in [3.05, 3.63) is 11.9 Å². The molecule has 2 bridgehead atoms. The first-order valence-electron chi connectivity index (χ1n) is 7.66. The van der Waals surface area contributed by atoms with Gasteiger partial charge < -0.3 is 11.1 Å². The summed E-state index contributed by atoms with van der Waals surface area (Å²) in [6.45, 7) is 1.06. The van der Waals surface area contributed by atoms with Crippen LogP contribution in [0.5, 0.6) is 0 Å². The van der Waals surface area contributed by atoms with E-state index in [1.54, 1.807) is 0 Å². The highest BCUT2D eigenvalue weighted by Gasteiger charge is 2.39. The maximum atomic E-state index is 5.88. The monoisotopic (exact) mass is 258 g/mol. The molecule has 0 radical (unpaired) electrons. The summed E-state index contributed by atoms with van der Waals surface area (Å²) in [5, 5.41) is 3.50. The first-order chi connectivity index (χ1) is 9.28. The molecule has 3 aliphatic rings. The SMILES string of the molecule is Nc1cc(NCC2CC3CCC2C3)nc(C2CC2)n1. The van der Waals surface area contributed by atoms with Crippen molar-refractivity contribution in [2.75, 3.05) is 17.6 Å². The van der Waals surface area contributed by atoms with Gasteiger partial charge in [-0.3, -0.25) is 0 Å². The molecule has 0 aromatic carbocycles. The van der Waals surface area contributed by atoms with E-state index in [9.17, 15) is 0 Å². The first-order valence-corrected chi connectivity index (χ1v) is 7.66. The number of hydrogen-bond acceptors (Lipinski definition) is 4. The zero-order chi connectivity index (χ0) is 12.8. The molecule has 102 valence electrons. The van der Waals surface area contributed by atoms with Crippen molar-refractivity contribution in [1.29, 1.82) is 0 Å². The third kappa shape index (κ3) is 2.28. The summed E-state index contributed by atoms with van der Waals surface area (Å²) in [4.78, 5) is 8.96. The fraction of sp³-hybridized carbons (Fsp3) is 0.733. The molecule has 1 heterocycles. The second kappa shape index (κ2) is 4.36. The van der Waals surface area contributed by atoms with E-state index in [0.29, 0.717) is 11.7 Å². The summed E-state index contributed by atoms with van der Waals surface area (Å²) in [6.07, 6.45) is 8.22. The van der Waals surface area contributed by atoms with Gasteiger partial charge in [0.1, 0.15) is 17.5 Å². The predicted molar refractivity (Wildman–Crippen MR) is 75.8 cm³/mol. The Labute approximate surface area is 114 Å². The lowest BCUT2D eigenvalue weighted by Crippen LogP contribution is -2.20. The standard InChI is InChI=1S/C15H22N4/c16-13-7-14(19-15(18-13)10-3-4-10)17-8-12-6-9-1-2-11(12)5-9/h7,9-12H,1-6,8H2,(H3,16,17,18,19). The lowest BCUT2D eigenvalue weighted by atomic mass is 9.89. The molecule has 1 aromatic rings. The average molecular weight is 258 g/mol. The largest absolute Gasteiger partial charge is 0.384 e. The molecule has 3 unspecified atom stereocenters. The zero-order valence-electron chi connectivity index (χ0n) is 11.3. The zero-order valence-corrected chi connectivity index (χ0v) is 11.3. The number of aromatic nitrogens is 2. The second-order valence-electron chi connectivity index (χ2n) is 6.63. The van der Waals surface area contributed by atoms with E-state index in [-0.39, 0.29) is 0 Å². The minimum Gasteiger partial charge on any atom is -0.384 e. The molecule has 0 saturated heterocycles. The molecule has 1 aromatic heterocycles. The van der Waals surface area contributed by atoms with Crippen LogP contribution in [0.25, 0.3) is 0 Å². The number of hydrogen-bond donors (Lipinski definition) is 2. The van der Waals surface area contributed by atoms with Gasteiger partial charge in [-0.15, -0.1) is 0 Å². The molecule has 3 fully saturated rings. The van der Waals surface area contributed by atoms with Gasteiger partial charge in [-0.05, 0) is 49.9 Å². The smallest absolute Gasteiger partial charge is 0.136 e. The van der Waals surface area contributed by atoms with Gasteiger partial charge in [0.2, 0.25) is 0 Å². The normalized spacial score (nSPS) is 32.7. The van der Waals surface area contributed by atoms with Crippen molar-refractivity contribution in [3.63, 3.8) is 0 Å². The van der Waals surface area contributed by atoms with E-state index in [0.717, 1.165) is 35.9 Å². The van der Waals surface area contributed by atoms with Crippen LogP contribution < -0.4 is 11.1 Å². The number of nitrogens with two attached hydrogens (primary N) is 1. The Kier molecular flexibility index (Phi) is 2.64. The molecule has 0 spiro atoms. The summed E-state index contributed by atoms with van der Waals surface area (Å²) in [5.74, 6) is 5.85. The van der Waals surface area contributed by atoms with Crippen molar-refractivity contribution < 1.29 is 0 Å². The van der Waals surface area contributed by atoms with Crippen LogP contribution in [0.4, 0.5) is 11.6 Å². The summed E-state index contributed by atoms with van der Waals surface area (Å²) in [7, 11) is 0. The number of anilines is 2. The lowest BCUT2D eigenvalue weighted by molar-refractivity contribution is 0.348. The number of nitrogen functional groups attached to an aromatic ring is 1. The van der Waals surface area contributed by atoms with Crippen LogP contribution in [0.2, 0.25) is 0 Å². The van der Waals surface area contributed by atoms with Crippen molar-refractivity contribution in [2.45, 2.75) is 44.4 Å². The molecule has 19 heavy (non-hydrogen) atoms. The van der Waals surface area contributed by atoms with Crippen molar-refractivity contribution in [2.24, 2.45) is 17.8 Å². The van der Waals surface area contributed by atoms with Crippen LogP contribution >= 0.6 is 0 Å². The molecule has 3 saturated carbocycles. The summed E-state index contributed by atoms with van der Waals surface area (Å²) < 4.78 is 0. The average Bonchev–Trinajstić information content (AvgIpc) is 3.05. The maximum absolute atomic E-state index is 5.88. The molecule has 4 heteroatoms. The molecule has 3 N–H and O–H groups in total. The fourth-order valence-corrected chi connectivity index (χ4v) is 3.96. The van der Waals surface area contributed by atoms with Gasteiger partial charge in [-0.2, -0.15) is 0 Å². The van der Waals surface area contributed by atoms with Gasteiger partial charge in [0, 0.05) is 18.5 Å². The van der Waals surface area contributed by atoms with Crippen LogP contribution in [0, 0.1) is 17.8 Å². The highest BCUT2D eigenvalue weighted by atomic mass is 15.1. The van der Waals surface area contributed by atoms with Crippen LogP contribution in [-0.4, -0.2) is 16.5 Å². The Hall–Kier alpha value is -1.32. The molecule has 3 atom stereocenters. The molecular weight excluding hydrogens is 236 g/mol. The highest BCUT2D eigenvalue weighted by molar-refractivity contribution is 5.45. The van der Waals surface area contributed by atoms with E-state index in [1.165, 1.54) is 38.5 Å². The van der Waals surface area contributed by atoms with Gasteiger partial charge in [0.05, 0.1) is 0 Å². The van der Waals surface area contributed by atoms with E-state index in [2.05, 4.69) is 15.3 Å². The van der Waals surface area contributed by atoms with E-state index < -0.39 is 0 Å². The topological polar surface area (TPSA) is 63.8 Å². The van der Waals surface area contributed by atoms with E-state index >= 15 is 0 Å². The van der Waals surface area contributed by atoms with E-state index in [4.69, 9.17) is 5.73 Å². The summed E-state index contributed by atoms with van der Waals surface area (Å²) in [5.41, 5.74) is 5.88. The van der Waals surface area contributed by atoms with Gasteiger partial charge >= 0.3 is 0 Å². The third-order valence-corrected chi connectivity index (χ3v) is 5.14. The Balaban J connectivity index is 1.42. The number of nitrogens with one attached hydrogen (secondary N) is 1. The Morgan fingerprint density at radius 3 is 2.74 bits per heavy atom. The number of fused-ring (bicyclic) bond motifs is 2. The van der Waals surface area contributed by atoms with Crippen LogP contribution in [0.3, 0.4) is 0 Å². The molecule has 0 amide bonds. The maximum Gasteiger partial charge on any atom is 0.136 e. The summed E-state index contributed by atoms with van der Waals surface area (Å²) in [6, 6.07) is 1.87. The molecule has 3 aliphatic carbocycles. The minimum absolute atomic E-state index is 0.562. The van der Waals surface area contributed by atoms with Crippen LogP contribution in [0.15, 0.2) is 6.07 Å². The molecule has 4 rings (SSSR count). The van der Waals surface area contributed by atoms with Crippen molar-refractivity contribution in [1.82, 2.24) is 9.97 Å². The minimum atomic E-state index is 0.562. The molecule has 0 aliphatic heterocycles. The third-order valence-electron chi connectivity index (χ3n) is 5.14. The summed E-state index contributed by atoms with van der Waals surface area (Å²) >= 11 is 0. The van der Waals surface area contributed by atoms with Gasteiger partial charge in [-0.25, -0.2) is 9.97 Å². The quantitative estimate of drug-likeness (QED) is 0.871. The number of nitrogens with zero attached hydrogens (tertiary/aromatic N) is 2.